The van der Waals surface area contributed by atoms with Gasteiger partial charge in [-0.2, -0.15) is 0 Å². The number of hydrogen-bond donors (Lipinski definition) is 1. The quantitative estimate of drug-likeness (QED) is 0.737. The van der Waals surface area contributed by atoms with Gasteiger partial charge < -0.3 is 5.32 Å². The first-order chi connectivity index (χ1) is 9.10. The van der Waals surface area contributed by atoms with E-state index in [0.717, 1.165) is 11.8 Å². The van der Waals surface area contributed by atoms with E-state index in [0.29, 0.717) is 12.1 Å². The number of aryl methyl sites for hydroxylation is 1. The molecule has 0 aromatic heterocycles. The van der Waals surface area contributed by atoms with Gasteiger partial charge >= 0.3 is 0 Å². The summed E-state index contributed by atoms with van der Waals surface area (Å²) in [6.07, 6.45) is 5.35. The maximum absolute atomic E-state index is 3.88. The number of benzene rings is 1. The fraction of sp³-hybridized carbons (Fsp3) is 0.667. The Morgan fingerprint density at radius 2 is 1.79 bits per heavy atom. The zero-order valence-corrected chi connectivity index (χ0v) is 12.9. The average Bonchev–Trinajstić information content (AvgIpc) is 3.21. The van der Waals surface area contributed by atoms with Crippen molar-refractivity contribution in [2.24, 2.45) is 11.8 Å². The Kier molecular flexibility index (Phi) is 5.04. The zero-order valence-electron chi connectivity index (χ0n) is 12.9. The first-order valence-corrected chi connectivity index (χ1v) is 7.92. The first kappa shape index (κ1) is 14.6. The third-order valence-electron chi connectivity index (χ3n) is 4.45. The molecule has 0 saturated heterocycles. The predicted molar refractivity (Wildman–Crippen MR) is 83.3 cm³/mol. The highest BCUT2D eigenvalue weighted by Crippen LogP contribution is 2.41. The molecule has 0 bridgehead atoms. The van der Waals surface area contributed by atoms with E-state index in [1.165, 1.54) is 36.8 Å². The molecular formula is C18H29N. The molecule has 1 nitrogen and oxygen atoms in total. The second-order valence-electron chi connectivity index (χ2n) is 6.54. The highest BCUT2D eigenvalue weighted by molar-refractivity contribution is 5.25. The lowest BCUT2D eigenvalue weighted by atomic mass is 9.96. The van der Waals surface area contributed by atoms with Gasteiger partial charge in [0.1, 0.15) is 0 Å². The van der Waals surface area contributed by atoms with E-state index in [9.17, 15) is 0 Å². The molecule has 0 spiro atoms. The van der Waals surface area contributed by atoms with Crippen LogP contribution in [0.2, 0.25) is 0 Å². The van der Waals surface area contributed by atoms with Crippen molar-refractivity contribution in [2.75, 3.05) is 0 Å². The van der Waals surface area contributed by atoms with Crippen LogP contribution in [0.15, 0.2) is 24.3 Å². The Morgan fingerprint density at radius 3 is 2.32 bits per heavy atom. The second-order valence-corrected chi connectivity index (χ2v) is 6.54. The lowest BCUT2D eigenvalue weighted by Crippen LogP contribution is -2.33. The third kappa shape index (κ3) is 4.35. The number of rotatable bonds is 7. The van der Waals surface area contributed by atoms with Crippen LogP contribution in [0.4, 0.5) is 0 Å². The van der Waals surface area contributed by atoms with E-state index in [-0.39, 0.29) is 0 Å². The molecule has 2 rings (SSSR count). The highest BCUT2D eigenvalue weighted by Gasteiger charge is 2.32. The van der Waals surface area contributed by atoms with Crippen molar-refractivity contribution in [2.45, 2.75) is 65.5 Å². The van der Waals surface area contributed by atoms with Gasteiger partial charge in [-0.1, -0.05) is 50.1 Å². The lowest BCUT2D eigenvalue weighted by Gasteiger charge is -2.25. The van der Waals surface area contributed by atoms with Crippen molar-refractivity contribution in [1.82, 2.24) is 5.32 Å². The van der Waals surface area contributed by atoms with Crippen LogP contribution in [0, 0.1) is 18.8 Å². The minimum absolute atomic E-state index is 0.569. The molecule has 1 heteroatoms. The van der Waals surface area contributed by atoms with Crippen molar-refractivity contribution in [1.29, 1.82) is 0 Å². The molecule has 1 N–H and O–H groups in total. The summed E-state index contributed by atoms with van der Waals surface area (Å²) < 4.78 is 0. The van der Waals surface area contributed by atoms with Crippen LogP contribution >= 0.6 is 0 Å². The Balaban J connectivity index is 1.98. The summed E-state index contributed by atoms with van der Waals surface area (Å²) in [5.41, 5.74) is 2.83. The van der Waals surface area contributed by atoms with Gasteiger partial charge in [-0.15, -0.1) is 0 Å². The van der Waals surface area contributed by atoms with Crippen molar-refractivity contribution in [3.63, 3.8) is 0 Å². The summed E-state index contributed by atoms with van der Waals surface area (Å²) in [7, 11) is 0. The maximum atomic E-state index is 3.88. The Labute approximate surface area is 118 Å². The van der Waals surface area contributed by atoms with Crippen LogP contribution in [0.5, 0.6) is 0 Å². The third-order valence-corrected chi connectivity index (χ3v) is 4.45. The van der Waals surface area contributed by atoms with Gasteiger partial charge in [0.15, 0.2) is 0 Å². The largest absolute Gasteiger partial charge is 0.307 e. The minimum Gasteiger partial charge on any atom is -0.307 e. The van der Waals surface area contributed by atoms with Crippen molar-refractivity contribution < 1.29 is 0 Å². The van der Waals surface area contributed by atoms with Crippen molar-refractivity contribution in [3.8, 4) is 0 Å². The van der Waals surface area contributed by atoms with E-state index >= 15 is 0 Å². The van der Waals surface area contributed by atoms with Gasteiger partial charge in [-0.3, -0.25) is 0 Å². The monoisotopic (exact) mass is 259 g/mol. The molecule has 1 aromatic rings. The maximum Gasteiger partial charge on any atom is 0.0350 e. The molecule has 1 aromatic carbocycles. The van der Waals surface area contributed by atoms with E-state index in [2.05, 4.69) is 57.3 Å². The Morgan fingerprint density at radius 1 is 1.16 bits per heavy atom. The molecule has 1 aliphatic rings. The summed E-state index contributed by atoms with van der Waals surface area (Å²) in [5, 5.41) is 3.88. The van der Waals surface area contributed by atoms with Gasteiger partial charge in [0.25, 0.3) is 0 Å². The van der Waals surface area contributed by atoms with E-state index in [4.69, 9.17) is 0 Å². The predicted octanol–water partition coefficient (Wildman–Crippen LogP) is 4.86. The fourth-order valence-electron chi connectivity index (χ4n) is 2.85. The van der Waals surface area contributed by atoms with Gasteiger partial charge in [0.2, 0.25) is 0 Å². The van der Waals surface area contributed by atoms with E-state index in [1.807, 2.05) is 0 Å². The topological polar surface area (TPSA) is 12.0 Å². The molecule has 19 heavy (non-hydrogen) atoms. The molecule has 0 aliphatic heterocycles. The van der Waals surface area contributed by atoms with Gasteiger partial charge in [0.05, 0.1) is 0 Å². The van der Waals surface area contributed by atoms with Gasteiger partial charge in [0, 0.05) is 12.1 Å². The van der Waals surface area contributed by atoms with Gasteiger partial charge in [-0.05, 0) is 50.5 Å². The first-order valence-electron chi connectivity index (χ1n) is 7.92. The molecule has 3 atom stereocenters. The average molecular weight is 259 g/mol. The van der Waals surface area contributed by atoms with Crippen LogP contribution in [-0.4, -0.2) is 6.04 Å². The lowest BCUT2D eigenvalue weighted by molar-refractivity contribution is 0.357. The molecule has 1 fully saturated rings. The molecule has 1 aliphatic carbocycles. The SMILES string of the molecule is CCC(C)CC(C)NC(c1ccc(C)cc1)C1CC1. The van der Waals surface area contributed by atoms with Crippen LogP contribution in [-0.2, 0) is 0 Å². The van der Waals surface area contributed by atoms with Crippen LogP contribution in [0.1, 0.15) is 63.6 Å². The number of nitrogens with one attached hydrogen (secondary N) is 1. The minimum atomic E-state index is 0.569. The second kappa shape index (κ2) is 6.56. The van der Waals surface area contributed by atoms with Crippen LogP contribution in [0.25, 0.3) is 0 Å². The number of hydrogen-bond acceptors (Lipinski definition) is 1. The highest BCUT2D eigenvalue weighted by atomic mass is 15.0. The fourth-order valence-corrected chi connectivity index (χ4v) is 2.85. The molecule has 1 saturated carbocycles. The molecule has 0 radical (unpaired) electrons. The van der Waals surface area contributed by atoms with Crippen molar-refractivity contribution >= 4 is 0 Å². The van der Waals surface area contributed by atoms with E-state index in [1.54, 1.807) is 0 Å². The smallest absolute Gasteiger partial charge is 0.0350 e. The van der Waals surface area contributed by atoms with E-state index < -0.39 is 0 Å². The summed E-state index contributed by atoms with van der Waals surface area (Å²) in [5.74, 6) is 1.68. The molecule has 3 unspecified atom stereocenters. The summed E-state index contributed by atoms with van der Waals surface area (Å²) >= 11 is 0. The molecule has 0 amide bonds. The Hall–Kier alpha value is -0.820. The zero-order chi connectivity index (χ0) is 13.8. The molecule has 106 valence electrons. The molecular weight excluding hydrogens is 230 g/mol. The summed E-state index contributed by atoms with van der Waals surface area (Å²) in [6.45, 7) is 9.15. The van der Waals surface area contributed by atoms with Crippen LogP contribution in [0.3, 0.4) is 0 Å². The Bertz CT molecular complexity index is 377. The summed E-state index contributed by atoms with van der Waals surface area (Å²) in [4.78, 5) is 0. The normalized spacial score (nSPS) is 20.0. The van der Waals surface area contributed by atoms with Crippen LogP contribution < -0.4 is 5.32 Å². The summed E-state index contributed by atoms with van der Waals surface area (Å²) in [6, 6.07) is 10.3. The van der Waals surface area contributed by atoms with Crippen molar-refractivity contribution in [3.05, 3.63) is 35.4 Å². The van der Waals surface area contributed by atoms with Gasteiger partial charge in [-0.25, -0.2) is 0 Å². The standard InChI is InChI=1S/C18H29N/c1-5-13(2)12-15(4)19-18(17-10-11-17)16-8-6-14(3)7-9-16/h6-9,13,15,17-19H,5,10-12H2,1-4H3. The molecule has 0 heterocycles.